The van der Waals surface area contributed by atoms with E-state index in [1.54, 1.807) is 6.92 Å². The fourth-order valence-electron chi connectivity index (χ4n) is 1.89. The number of rotatable bonds is 1. The summed E-state index contributed by atoms with van der Waals surface area (Å²) >= 11 is 0. The zero-order chi connectivity index (χ0) is 13.4. The molecule has 0 spiro atoms. The third-order valence-electron chi connectivity index (χ3n) is 2.60. The quantitative estimate of drug-likeness (QED) is 0.724. The minimum absolute atomic E-state index is 0.127. The van der Waals surface area contributed by atoms with Crippen molar-refractivity contribution in [3.05, 3.63) is 0 Å². The molecule has 1 rings (SSSR count). The Labute approximate surface area is 94.7 Å². The summed E-state index contributed by atoms with van der Waals surface area (Å²) in [5.41, 5.74) is 5.49. The van der Waals surface area contributed by atoms with Crippen molar-refractivity contribution in [2.75, 3.05) is 13.1 Å². The first kappa shape index (κ1) is 14.1. The largest absolute Gasteiger partial charge is 0.463 e. The molecular weight excluding hydrogens is 247 g/mol. The Balaban J connectivity index is 2.83. The topological polar surface area (TPSA) is 46.3 Å². The first-order valence-electron chi connectivity index (χ1n) is 5.05. The lowest BCUT2D eigenvalue weighted by molar-refractivity contribution is -0.275. The van der Waals surface area contributed by atoms with Crippen LogP contribution in [0.2, 0.25) is 0 Å². The Morgan fingerprint density at radius 3 is 2.18 bits per heavy atom. The van der Waals surface area contributed by atoms with Crippen LogP contribution >= 0.6 is 0 Å². The van der Waals surface area contributed by atoms with Gasteiger partial charge >= 0.3 is 18.0 Å². The van der Waals surface area contributed by atoms with Crippen molar-refractivity contribution in [3.8, 4) is 0 Å². The van der Waals surface area contributed by atoms with Crippen LogP contribution in [0.4, 0.5) is 22.0 Å². The number of piperidine rings is 1. The number of carbonyl (C=O) groups excluding carboxylic acids is 1. The van der Waals surface area contributed by atoms with Gasteiger partial charge in [-0.3, -0.25) is 4.79 Å². The smallest absolute Gasteiger partial charge is 0.335 e. The van der Waals surface area contributed by atoms with E-state index in [1.165, 1.54) is 0 Å². The van der Waals surface area contributed by atoms with Crippen LogP contribution in [-0.4, -0.2) is 42.0 Å². The van der Waals surface area contributed by atoms with E-state index in [-0.39, 0.29) is 19.0 Å². The number of hydrogen-bond donors (Lipinski definition) is 1. The summed E-state index contributed by atoms with van der Waals surface area (Å²) in [6.45, 7) is 1.25. The number of nitrogens with two attached hydrogens (primary N) is 1. The van der Waals surface area contributed by atoms with Gasteiger partial charge in [0, 0.05) is 19.1 Å². The van der Waals surface area contributed by atoms with E-state index in [0.717, 1.165) is 0 Å². The van der Waals surface area contributed by atoms with Crippen LogP contribution in [-0.2, 0) is 4.79 Å². The van der Waals surface area contributed by atoms with E-state index >= 15 is 0 Å². The Bertz CT molecular complexity index is 294. The van der Waals surface area contributed by atoms with E-state index < -0.39 is 24.0 Å². The summed E-state index contributed by atoms with van der Waals surface area (Å²) in [5.74, 6) is -7.75. The highest BCUT2D eigenvalue weighted by atomic mass is 19.4. The molecule has 0 radical (unpaired) electrons. The maximum Gasteiger partial charge on any atom is 0.463 e. The van der Waals surface area contributed by atoms with Crippen molar-refractivity contribution in [2.45, 2.75) is 31.5 Å². The Hall–Kier alpha value is -0.920. The van der Waals surface area contributed by atoms with Crippen LogP contribution < -0.4 is 5.73 Å². The molecular formula is C9H13F5N2O. The summed E-state index contributed by atoms with van der Waals surface area (Å²) in [6, 6.07) is -0.563. The van der Waals surface area contributed by atoms with Crippen LogP contribution in [0, 0.1) is 5.92 Å². The first-order chi connectivity index (χ1) is 7.55. The second kappa shape index (κ2) is 4.40. The summed E-state index contributed by atoms with van der Waals surface area (Å²) < 4.78 is 61.6. The second-order valence-corrected chi connectivity index (χ2v) is 4.38. The van der Waals surface area contributed by atoms with Gasteiger partial charge in [-0.05, 0) is 12.3 Å². The first-order valence-corrected chi connectivity index (χ1v) is 5.05. The number of hydrogen-bond acceptors (Lipinski definition) is 2. The molecule has 2 N–H and O–H groups in total. The zero-order valence-corrected chi connectivity index (χ0v) is 9.10. The lowest BCUT2D eigenvalue weighted by Crippen LogP contribution is -2.57. The van der Waals surface area contributed by atoms with Gasteiger partial charge in [0.1, 0.15) is 0 Å². The van der Waals surface area contributed by atoms with Gasteiger partial charge in [-0.25, -0.2) is 0 Å². The van der Waals surface area contributed by atoms with Crippen LogP contribution in [0.5, 0.6) is 0 Å². The Morgan fingerprint density at radius 1 is 1.24 bits per heavy atom. The number of nitrogens with zero attached hydrogens (tertiary/aromatic N) is 1. The molecule has 1 saturated heterocycles. The van der Waals surface area contributed by atoms with Crippen molar-refractivity contribution in [3.63, 3.8) is 0 Å². The molecule has 0 aromatic carbocycles. The standard InChI is InChI=1S/C9H13F5N2O/c1-5-2-6(15)4-16(3-5)7(17)8(10,11)9(12,13)14/h5-6H,2-4,15H2,1H3. The van der Waals surface area contributed by atoms with Gasteiger partial charge in [-0.2, -0.15) is 22.0 Å². The van der Waals surface area contributed by atoms with E-state index in [1.807, 2.05) is 0 Å². The van der Waals surface area contributed by atoms with Gasteiger partial charge in [0.15, 0.2) is 0 Å². The molecule has 17 heavy (non-hydrogen) atoms. The molecule has 0 aliphatic carbocycles. The van der Waals surface area contributed by atoms with Gasteiger partial charge in [0.05, 0.1) is 0 Å². The van der Waals surface area contributed by atoms with Crippen molar-refractivity contribution in [1.29, 1.82) is 0 Å². The monoisotopic (exact) mass is 260 g/mol. The number of halogens is 5. The van der Waals surface area contributed by atoms with Crippen LogP contribution in [0.15, 0.2) is 0 Å². The van der Waals surface area contributed by atoms with Gasteiger partial charge in [0.25, 0.3) is 0 Å². The third kappa shape index (κ3) is 2.85. The molecule has 0 bridgehead atoms. The fourth-order valence-corrected chi connectivity index (χ4v) is 1.89. The molecule has 100 valence electrons. The predicted octanol–water partition coefficient (Wildman–Crippen LogP) is 1.38. The molecule has 0 saturated carbocycles. The highest BCUT2D eigenvalue weighted by Gasteiger charge is 2.64. The highest BCUT2D eigenvalue weighted by Crippen LogP contribution is 2.37. The molecule has 1 aliphatic rings. The molecule has 3 nitrogen and oxygen atoms in total. The average molecular weight is 260 g/mol. The molecule has 0 aromatic rings. The average Bonchev–Trinajstić information content (AvgIpc) is 2.13. The summed E-state index contributed by atoms with van der Waals surface area (Å²) in [7, 11) is 0. The molecule has 0 aromatic heterocycles. The van der Waals surface area contributed by atoms with E-state index in [9.17, 15) is 26.7 Å². The van der Waals surface area contributed by atoms with E-state index in [2.05, 4.69) is 0 Å². The van der Waals surface area contributed by atoms with Crippen molar-refractivity contribution in [1.82, 2.24) is 4.90 Å². The molecule has 1 heterocycles. The van der Waals surface area contributed by atoms with Gasteiger partial charge in [0.2, 0.25) is 0 Å². The van der Waals surface area contributed by atoms with Crippen molar-refractivity contribution >= 4 is 5.91 Å². The van der Waals surface area contributed by atoms with E-state index in [4.69, 9.17) is 5.73 Å². The summed E-state index contributed by atoms with van der Waals surface area (Å²) in [5, 5.41) is 0. The molecule has 1 fully saturated rings. The van der Waals surface area contributed by atoms with Gasteiger partial charge in [-0.1, -0.05) is 6.92 Å². The van der Waals surface area contributed by atoms with Crippen LogP contribution in [0.3, 0.4) is 0 Å². The van der Waals surface area contributed by atoms with Crippen LogP contribution in [0.25, 0.3) is 0 Å². The minimum atomic E-state index is -5.87. The molecule has 2 unspecified atom stereocenters. The fraction of sp³-hybridized carbons (Fsp3) is 0.889. The van der Waals surface area contributed by atoms with E-state index in [0.29, 0.717) is 11.3 Å². The molecule has 1 amide bonds. The zero-order valence-electron chi connectivity index (χ0n) is 9.10. The maximum atomic E-state index is 12.8. The number of alkyl halides is 5. The van der Waals surface area contributed by atoms with Gasteiger partial charge in [-0.15, -0.1) is 0 Å². The minimum Gasteiger partial charge on any atom is -0.335 e. The highest BCUT2D eigenvalue weighted by molar-refractivity contribution is 5.84. The number of likely N-dealkylation sites (tertiary alicyclic amines) is 1. The summed E-state index contributed by atoms with van der Waals surface area (Å²) in [6.07, 6.45) is -5.36. The van der Waals surface area contributed by atoms with Crippen molar-refractivity contribution in [2.24, 2.45) is 11.7 Å². The lowest BCUT2D eigenvalue weighted by Gasteiger charge is -2.36. The SMILES string of the molecule is CC1CC(N)CN(C(=O)C(F)(F)C(F)(F)F)C1. The van der Waals surface area contributed by atoms with Crippen LogP contribution in [0.1, 0.15) is 13.3 Å². The predicted molar refractivity (Wildman–Crippen MR) is 49.3 cm³/mol. The number of carbonyl (C=O) groups is 1. The summed E-state index contributed by atoms with van der Waals surface area (Å²) in [4.78, 5) is 11.7. The normalized spacial score (nSPS) is 27.1. The second-order valence-electron chi connectivity index (χ2n) is 4.38. The van der Waals surface area contributed by atoms with Crippen molar-refractivity contribution < 1.29 is 26.7 Å². The Kier molecular flexibility index (Phi) is 3.66. The molecule has 1 aliphatic heterocycles. The number of amides is 1. The molecule has 8 heteroatoms. The lowest BCUT2D eigenvalue weighted by atomic mass is 9.96. The maximum absolute atomic E-state index is 12.8. The third-order valence-corrected chi connectivity index (χ3v) is 2.60. The Morgan fingerprint density at radius 2 is 1.76 bits per heavy atom. The van der Waals surface area contributed by atoms with Gasteiger partial charge < -0.3 is 10.6 Å². The molecule has 2 atom stereocenters.